The lowest BCUT2D eigenvalue weighted by atomic mass is 10.3. The Balaban J connectivity index is 2.55. The normalized spacial score (nSPS) is 10.0. The van der Waals surface area contributed by atoms with E-state index in [0.29, 0.717) is 11.4 Å². The monoisotopic (exact) mass is 301 g/mol. The molecule has 0 atom stereocenters. The molecule has 1 aromatic carbocycles. The fraction of sp³-hybridized carbons (Fsp3) is 0.133. The smallest absolute Gasteiger partial charge is 0.275 e. The van der Waals surface area contributed by atoms with Crippen LogP contribution in [0.3, 0.4) is 0 Å². The second-order valence-corrected chi connectivity index (χ2v) is 4.30. The summed E-state index contributed by atoms with van der Waals surface area (Å²) in [5.41, 5.74) is -0.470. The molecule has 0 bridgehead atoms. The van der Waals surface area contributed by atoms with E-state index in [2.05, 4.69) is 17.0 Å². The maximum absolute atomic E-state index is 12.0. The van der Waals surface area contributed by atoms with Crippen molar-refractivity contribution in [3.63, 3.8) is 0 Å². The van der Waals surface area contributed by atoms with Gasteiger partial charge in [-0.3, -0.25) is 9.59 Å². The summed E-state index contributed by atoms with van der Waals surface area (Å²) in [4.78, 5) is 24.0. The van der Waals surface area contributed by atoms with Crippen LogP contribution in [0.25, 0.3) is 5.69 Å². The second kappa shape index (κ2) is 6.57. The molecule has 0 unspecified atom stereocenters. The van der Waals surface area contributed by atoms with Gasteiger partial charge < -0.3 is 15.2 Å². The van der Waals surface area contributed by atoms with Crippen LogP contribution < -0.4 is 15.6 Å². The standard InChI is InChI=1S/C15H15N3O4/c1-3-8-16-15(21)14-11(19)9-13(20)18(17-14)10-6-4-5-7-12(10)22-2/h3-7,9,19H,1,8H2,2H3,(H,16,21). The lowest BCUT2D eigenvalue weighted by Gasteiger charge is -2.11. The summed E-state index contributed by atoms with van der Waals surface area (Å²) >= 11 is 0. The first kappa shape index (κ1) is 15.3. The van der Waals surface area contributed by atoms with E-state index in [9.17, 15) is 14.7 Å². The average Bonchev–Trinajstić information content (AvgIpc) is 2.52. The summed E-state index contributed by atoms with van der Waals surface area (Å²) < 4.78 is 6.18. The highest BCUT2D eigenvalue weighted by molar-refractivity contribution is 5.94. The second-order valence-electron chi connectivity index (χ2n) is 4.30. The number of methoxy groups -OCH3 is 1. The number of aromatic hydroxyl groups is 1. The zero-order chi connectivity index (χ0) is 16.1. The Hall–Kier alpha value is -3.09. The van der Waals surface area contributed by atoms with Crippen LogP contribution in [-0.4, -0.2) is 34.4 Å². The van der Waals surface area contributed by atoms with Crippen LogP contribution in [-0.2, 0) is 0 Å². The van der Waals surface area contributed by atoms with Crippen molar-refractivity contribution in [1.29, 1.82) is 0 Å². The van der Waals surface area contributed by atoms with Crippen molar-refractivity contribution in [2.24, 2.45) is 0 Å². The van der Waals surface area contributed by atoms with Gasteiger partial charge in [0.05, 0.1) is 7.11 Å². The van der Waals surface area contributed by atoms with Crippen molar-refractivity contribution < 1.29 is 14.6 Å². The lowest BCUT2D eigenvalue weighted by Crippen LogP contribution is -2.29. The molecule has 7 heteroatoms. The Morgan fingerprint density at radius 1 is 1.50 bits per heavy atom. The third-order valence-corrected chi connectivity index (χ3v) is 2.85. The number of amides is 1. The first-order valence-corrected chi connectivity index (χ1v) is 6.44. The maximum Gasteiger partial charge on any atom is 0.275 e. The minimum atomic E-state index is -0.610. The fourth-order valence-electron chi connectivity index (χ4n) is 1.83. The van der Waals surface area contributed by atoms with Crippen molar-refractivity contribution >= 4 is 5.91 Å². The quantitative estimate of drug-likeness (QED) is 0.799. The number of carbonyl (C=O) groups excluding carboxylic acids is 1. The van der Waals surface area contributed by atoms with Crippen LogP contribution in [0.4, 0.5) is 0 Å². The highest BCUT2D eigenvalue weighted by Gasteiger charge is 2.17. The van der Waals surface area contributed by atoms with Gasteiger partial charge in [0.25, 0.3) is 11.5 Å². The van der Waals surface area contributed by atoms with Crippen molar-refractivity contribution in [3.8, 4) is 17.2 Å². The van der Waals surface area contributed by atoms with Gasteiger partial charge in [-0.2, -0.15) is 9.78 Å². The van der Waals surface area contributed by atoms with Crippen LogP contribution in [0.15, 0.2) is 47.8 Å². The number of nitrogens with one attached hydrogen (secondary N) is 1. The molecule has 0 aliphatic rings. The Morgan fingerprint density at radius 3 is 2.91 bits per heavy atom. The number of nitrogens with zero attached hydrogens (tertiary/aromatic N) is 2. The fourth-order valence-corrected chi connectivity index (χ4v) is 1.83. The minimum Gasteiger partial charge on any atom is -0.505 e. The van der Waals surface area contributed by atoms with Crippen molar-refractivity contribution in [3.05, 3.63) is 59.0 Å². The molecule has 2 rings (SSSR count). The van der Waals surface area contributed by atoms with Gasteiger partial charge in [0.2, 0.25) is 0 Å². The first-order valence-electron chi connectivity index (χ1n) is 6.44. The number of hydrogen-bond donors (Lipinski definition) is 2. The zero-order valence-electron chi connectivity index (χ0n) is 11.9. The van der Waals surface area contributed by atoms with Gasteiger partial charge in [0.15, 0.2) is 11.4 Å². The highest BCUT2D eigenvalue weighted by atomic mass is 16.5. The SMILES string of the molecule is C=CCNC(=O)c1nn(-c2ccccc2OC)c(=O)cc1O. The van der Waals surface area contributed by atoms with Gasteiger partial charge in [-0.15, -0.1) is 6.58 Å². The summed E-state index contributed by atoms with van der Waals surface area (Å²) in [6.45, 7) is 3.70. The van der Waals surface area contributed by atoms with Gasteiger partial charge in [-0.1, -0.05) is 18.2 Å². The molecule has 114 valence electrons. The average molecular weight is 301 g/mol. The molecule has 0 aliphatic carbocycles. The molecule has 2 N–H and O–H groups in total. The Morgan fingerprint density at radius 2 is 2.23 bits per heavy atom. The number of hydrogen-bond acceptors (Lipinski definition) is 5. The molecule has 0 saturated carbocycles. The molecule has 7 nitrogen and oxygen atoms in total. The molecule has 0 radical (unpaired) electrons. The number of rotatable bonds is 5. The minimum absolute atomic E-state index is 0.216. The van der Waals surface area contributed by atoms with Gasteiger partial charge in [-0.25, -0.2) is 0 Å². The highest BCUT2D eigenvalue weighted by Crippen LogP contribution is 2.21. The molecule has 0 aliphatic heterocycles. The summed E-state index contributed by atoms with van der Waals surface area (Å²) in [6.07, 6.45) is 1.49. The van der Waals surface area contributed by atoms with E-state index in [0.717, 1.165) is 10.7 Å². The largest absolute Gasteiger partial charge is 0.505 e. The Labute approximate surface area is 126 Å². The lowest BCUT2D eigenvalue weighted by molar-refractivity contribution is 0.0948. The molecule has 1 heterocycles. The third kappa shape index (κ3) is 2.98. The number of benzene rings is 1. The van der Waals surface area contributed by atoms with E-state index < -0.39 is 17.2 Å². The summed E-state index contributed by atoms with van der Waals surface area (Å²) in [7, 11) is 1.46. The Bertz CT molecular complexity index is 768. The first-order chi connectivity index (χ1) is 10.6. The molecule has 0 saturated heterocycles. The molecule has 1 amide bonds. The molecule has 2 aromatic rings. The van der Waals surface area contributed by atoms with Gasteiger partial charge in [0, 0.05) is 12.6 Å². The van der Waals surface area contributed by atoms with Crippen molar-refractivity contribution in [1.82, 2.24) is 15.1 Å². The van der Waals surface area contributed by atoms with E-state index in [1.807, 2.05) is 0 Å². The molecular weight excluding hydrogens is 286 g/mol. The number of ether oxygens (including phenoxy) is 1. The van der Waals surface area contributed by atoms with Crippen LogP contribution in [0, 0.1) is 0 Å². The Kier molecular flexibility index (Phi) is 4.57. The van der Waals surface area contributed by atoms with Crippen LogP contribution in [0.2, 0.25) is 0 Å². The van der Waals surface area contributed by atoms with Crippen LogP contribution in [0.1, 0.15) is 10.5 Å². The molecule has 22 heavy (non-hydrogen) atoms. The molecular formula is C15H15N3O4. The van der Waals surface area contributed by atoms with Crippen molar-refractivity contribution in [2.45, 2.75) is 0 Å². The predicted molar refractivity (Wildman–Crippen MR) is 80.6 cm³/mol. The van der Waals surface area contributed by atoms with E-state index in [1.165, 1.54) is 13.2 Å². The van der Waals surface area contributed by atoms with Crippen LogP contribution in [0.5, 0.6) is 11.5 Å². The molecule has 1 aromatic heterocycles. The van der Waals surface area contributed by atoms with E-state index in [1.54, 1.807) is 24.3 Å². The third-order valence-electron chi connectivity index (χ3n) is 2.85. The van der Waals surface area contributed by atoms with E-state index >= 15 is 0 Å². The molecule has 0 spiro atoms. The topological polar surface area (TPSA) is 93.5 Å². The van der Waals surface area contributed by atoms with Gasteiger partial charge in [0.1, 0.15) is 11.4 Å². The van der Waals surface area contributed by atoms with E-state index in [4.69, 9.17) is 4.74 Å². The number of carbonyl (C=O) groups is 1. The maximum atomic E-state index is 12.0. The van der Waals surface area contributed by atoms with Crippen LogP contribution >= 0.6 is 0 Å². The zero-order valence-corrected chi connectivity index (χ0v) is 11.9. The van der Waals surface area contributed by atoms with Gasteiger partial charge in [-0.05, 0) is 12.1 Å². The predicted octanol–water partition coefficient (Wildman–Crippen LogP) is 0.863. The number of aromatic nitrogens is 2. The van der Waals surface area contributed by atoms with E-state index in [-0.39, 0.29) is 12.2 Å². The summed E-state index contributed by atoms with van der Waals surface area (Å²) in [5.74, 6) is -0.681. The van der Waals surface area contributed by atoms with Gasteiger partial charge >= 0.3 is 0 Å². The van der Waals surface area contributed by atoms with Crippen molar-refractivity contribution in [2.75, 3.05) is 13.7 Å². The summed E-state index contributed by atoms with van der Waals surface area (Å²) in [6, 6.07) is 7.66. The number of para-hydroxylation sites is 2. The summed E-state index contributed by atoms with van der Waals surface area (Å²) in [5, 5.41) is 16.2. The molecule has 0 fully saturated rings.